The molecule has 188 valence electrons. The Kier molecular flexibility index (Phi) is 6.39. The molecular weight excluding hydrogens is 591 g/mol. The van der Waals surface area contributed by atoms with Crippen molar-refractivity contribution in [2.45, 2.75) is 30.2 Å². The van der Waals surface area contributed by atoms with Crippen LogP contribution < -0.4 is 5.73 Å². The van der Waals surface area contributed by atoms with Crippen LogP contribution in [0.3, 0.4) is 0 Å². The lowest BCUT2D eigenvalue weighted by Gasteiger charge is -2.50. The number of carbonyl (C=O) groups excluding carboxylic acids is 3. The van der Waals surface area contributed by atoms with E-state index >= 15 is 0 Å². The lowest BCUT2D eigenvalue weighted by atomic mass is 9.57. The van der Waals surface area contributed by atoms with Crippen LogP contribution in [-0.4, -0.2) is 79.0 Å². The first-order valence-electron chi connectivity index (χ1n) is 10.7. The molecule has 12 heteroatoms. The lowest BCUT2D eigenvalue weighted by Crippen LogP contribution is -2.65. The molecule has 0 bridgehead atoms. The molecule has 1 amide bonds. The first-order chi connectivity index (χ1) is 16.2. The molecule has 6 N–H and O–H groups in total. The van der Waals surface area contributed by atoms with Crippen LogP contribution >= 0.6 is 22.6 Å². The van der Waals surface area contributed by atoms with Crippen LogP contribution in [0.5, 0.6) is 5.75 Å². The van der Waals surface area contributed by atoms with Crippen molar-refractivity contribution in [3.63, 3.8) is 0 Å². The highest BCUT2D eigenvalue weighted by atomic mass is 127. The molecule has 0 radical (unpaired) electrons. The summed E-state index contributed by atoms with van der Waals surface area (Å²) in [5.74, 6) is -6.84. The predicted molar refractivity (Wildman–Crippen MR) is 135 cm³/mol. The molecule has 5 unspecified atom stereocenters. The molecule has 10 nitrogen and oxygen atoms in total. The van der Waals surface area contributed by atoms with Crippen LogP contribution in [0.25, 0.3) is 5.76 Å². The largest absolute Gasteiger partial charge is 0.508 e. The molecule has 0 spiro atoms. The van der Waals surface area contributed by atoms with Gasteiger partial charge in [0.05, 0.1) is 17.4 Å². The molecular formula is C23H25IN2O8S. The van der Waals surface area contributed by atoms with E-state index < -0.39 is 68.8 Å². The van der Waals surface area contributed by atoms with Crippen LogP contribution in [0.1, 0.15) is 23.1 Å². The van der Waals surface area contributed by atoms with Crippen molar-refractivity contribution in [3.05, 3.63) is 43.2 Å². The van der Waals surface area contributed by atoms with E-state index in [1.165, 1.54) is 11.2 Å². The second-order valence-corrected chi connectivity index (χ2v) is 12.0. The number of aliphatic hydroxyl groups is 3. The van der Waals surface area contributed by atoms with Crippen molar-refractivity contribution in [1.29, 1.82) is 0 Å². The quantitative estimate of drug-likeness (QED) is 0.237. The Morgan fingerprint density at radius 3 is 2.46 bits per heavy atom. The number of phenolic OH excluding ortho intramolecular Hbond substituents is 1. The summed E-state index contributed by atoms with van der Waals surface area (Å²) >= 11 is 2.04. The number of nitrogens with zero attached hydrogens (tertiary/aromatic N) is 1. The summed E-state index contributed by atoms with van der Waals surface area (Å²) in [5, 5.41) is 44.5. The van der Waals surface area contributed by atoms with Crippen molar-refractivity contribution in [1.82, 2.24) is 4.90 Å². The Morgan fingerprint density at radius 1 is 1.29 bits per heavy atom. The van der Waals surface area contributed by atoms with Crippen molar-refractivity contribution in [3.8, 4) is 5.75 Å². The number of aromatic hydroxyl groups is 1. The van der Waals surface area contributed by atoms with Gasteiger partial charge in [0.2, 0.25) is 5.78 Å². The number of fused-ring (bicyclic) bond motifs is 3. The number of Topliss-reactive ketones (excluding diaryl/α,β-unsaturated/α-hetero) is 2. The second-order valence-electron chi connectivity index (χ2n) is 9.40. The number of hydrogen-bond donors (Lipinski definition) is 5. The van der Waals surface area contributed by atoms with E-state index in [4.69, 9.17) is 5.73 Å². The Morgan fingerprint density at radius 2 is 1.91 bits per heavy atom. The summed E-state index contributed by atoms with van der Waals surface area (Å²) in [5.41, 5.74) is 2.50. The highest BCUT2D eigenvalue weighted by Gasteiger charge is 2.64. The van der Waals surface area contributed by atoms with Crippen molar-refractivity contribution < 1.29 is 39.0 Å². The van der Waals surface area contributed by atoms with Gasteiger partial charge in [-0.2, -0.15) is 0 Å². The minimum absolute atomic E-state index is 0.00800. The number of ketones is 2. The zero-order valence-corrected chi connectivity index (χ0v) is 22.1. The van der Waals surface area contributed by atoms with E-state index in [9.17, 15) is 39.0 Å². The fraction of sp³-hybridized carbons (Fsp3) is 0.435. The standard InChI is InChI=1S/C23H25IN2O8S/c1-26(2)16-11-5-8-4-10-12(24)6-9(7-35(3)34)17(27)14(10)18(28)13(8)20(30)23(11,33)21(31)15(19(16)29)22(25)32/h6,8,11,16,27-28,31,33H,4-5,7H2,1-3H3,(H2,25,32). The summed E-state index contributed by atoms with van der Waals surface area (Å²) in [6.45, 7) is 0. The predicted octanol–water partition coefficient (Wildman–Crippen LogP) is 0.447. The molecule has 0 aromatic heterocycles. The van der Waals surface area contributed by atoms with Crippen LogP contribution in [0.2, 0.25) is 0 Å². The molecule has 1 fully saturated rings. The third-order valence-corrected chi connectivity index (χ3v) is 8.78. The van der Waals surface area contributed by atoms with Crippen LogP contribution in [0.15, 0.2) is 23.0 Å². The Balaban J connectivity index is 1.97. The normalized spacial score (nSPS) is 29.1. The minimum atomic E-state index is -2.67. The van der Waals surface area contributed by atoms with Gasteiger partial charge in [0.15, 0.2) is 11.4 Å². The number of hydrogen-bond acceptors (Lipinski definition) is 9. The number of aliphatic hydroxyl groups excluding tert-OH is 2. The number of halogens is 1. The zero-order chi connectivity index (χ0) is 26.1. The number of carbonyl (C=O) groups is 3. The molecule has 3 aliphatic rings. The van der Waals surface area contributed by atoms with Crippen LogP contribution in [-0.2, 0) is 37.4 Å². The number of nitrogens with two attached hydrogens (primary N) is 1. The molecule has 0 aliphatic heterocycles. The van der Waals surface area contributed by atoms with Crippen LogP contribution in [0.4, 0.5) is 0 Å². The van der Waals surface area contributed by atoms with Gasteiger partial charge in [0, 0.05) is 37.7 Å². The van der Waals surface area contributed by atoms with Crippen molar-refractivity contribution in [2.75, 3.05) is 20.4 Å². The molecule has 1 aromatic rings. The SMILES string of the molecule is CN(C)C1C(=O)C(C(N)=O)=C(O)C2(O)C(=O)C3=C(O)c4c(O)c(CS(C)=O)cc(I)c4CC3CC12. The first kappa shape index (κ1) is 25.8. The number of rotatable bonds is 4. The topological polar surface area (TPSA) is 178 Å². The van der Waals surface area contributed by atoms with Gasteiger partial charge >= 0.3 is 0 Å². The van der Waals surface area contributed by atoms with Gasteiger partial charge in [0.25, 0.3) is 5.91 Å². The van der Waals surface area contributed by atoms with Crippen molar-refractivity contribution in [2.24, 2.45) is 17.6 Å². The molecule has 35 heavy (non-hydrogen) atoms. The monoisotopic (exact) mass is 616 g/mol. The maximum Gasteiger partial charge on any atom is 0.255 e. The summed E-state index contributed by atoms with van der Waals surface area (Å²) < 4.78 is 12.5. The number of likely N-dealkylation sites (N-methyl/N-ethyl adjacent to an activating group) is 1. The van der Waals surface area contributed by atoms with E-state index in [2.05, 4.69) is 0 Å². The smallest absolute Gasteiger partial charge is 0.255 e. The van der Waals surface area contributed by atoms with E-state index in [0.29, 0.717) is 14.7 Å². The highest BCUT2D eigenvalue weighted by Crippen LogP contribution is 2.53. The summed E-state index contributed by atoms with van der Waals surface area (Å²) in [6.07, 6.45) is 1.72. The number of phenols is 1. The van der Waals surface area contributed by atoms with Gasteiger partial charge in [0.1, 0.15) is 22.8 Å². The van der Waals surface area contributed by atoms with Gasteiger partial charge < -0.3 is 26.2 Å². The Labute approximate surface area is 217 Å². The third kappa shape index (κ3) is 3.64. The number of benzene rings is 1. The van der Waals surface area contributed by atoms with Crippen LogP contribution in [0, 0.1) is 15.4 Å². The number of amides is 1. The van der Waals surface area contributed by atoms with Gasteiger partial charge in [-0.25, -0.2) is 0 Å². The van der Waals surface area contributed by atoms with E-state index in [0.717, 1.165) is 0 Å². The van der Waals surface area contributed by atoms with Gasteiger partial charge in [-0.15, -0.1) is 0 Å². The summed E-state index contributed by atoms with van der Waals surface area (Å²) in [4.78, 5) is 40.3. The van der Waals surface area contributed by atoms with E-state index in [1.54, 1.807) is 20.2 Å². The maximum atomic E-state index is 13.8. The lowest BCUT2D eigenvalue weighted by molar-refractivity contribution is -0.153. The maximum absolute atomic E-state index is 13.8. The zero-order valence-electron chi connectivity index (χ0n) is 19.2. The van der Waals surface area contributed by atoms with Gasteiger partial charge in [-0.3, -0.25) is 23.5 Å². The van der Waals surface area contributed by atoms with E-state index in [1.807, 2.05) is 22.6 Å². The molecule has 4 rings (SSSR count). The van der Waals surface area contributed by atoms with Gasteiger partial charge in [-0.1, -0.05) is 0 Å². The third-order valence-electron chi connectivity index (χ3n) is 7.10. The molecule has 3 aliphatic carbocycles. The van der Waals surface area contributed by atoms with Gasteiger partial charge in [-0.05, 0) is 67.1 Å². The highest BCUT2D eigenvalue weighted by molar-refractivity contribution is 14.1. The molecule has 0 heterocycles. The molecule has 5 atom stereocenters. The minimum Gasteiger partial charge on any atom is -0.508 e. The Bertz CT molecular complexity index is 1290. The fourth-order valence-corrected chi connectivity index (χ4v) is 7.17. The first-order valence-corrected chi connectivity index (χ1v) is 13.5. The molecule has 1 saturated carbocycles. The molecule has 1 aromatic carbocycles. The average Bonchev–Trinajstić information content (AvgIpc) is 2.73. The van der Waals surface area contributed by atoms with E-state index in [-0.39, 0.29) is 35.5 Å². The fourth-order valence-electron chi connectivity index (χ4n) is 5.65. The summed E-state index contributed by atoms with van der Waals surface area (Å²) in [6, 6.07) is 0.553. The second kappa shape index (κ2) is 8.68. The van der Waals surface area contributed by atoms with Crippen molar-refractivity contribution >= 4 is 56.6 Å². The molecule has 0 saturated heterocycles. The number of primary amides is 1. The summed E-state index contributed by atoms with van der Waals surface area (Å²) in [7, 11) is 1.81. The Hall–Kier alpha value is -2.29. The average molecular weight is 616 g/mol.